The molecule has 1 aromatic rings. The molecule has 1 aromatic carbocycles. The Kier molecular flexibility index (Phi) is 5.31. The molecule has 138 valence electrons. The van der Waals surface area contributed by atoms with E-state index in [1.807, 2.05) is 0 Å². The maximum absolute atomic E-state index is 12.8. The lowest BCUT2D eigenvalue weighted by Gasteiger charge is -2.31. The fourth-order valence-electron chi connectivity index (χ4n) is 3.07. The third-order valence-electron chi connectivity index (χ3n) is 4.78. The fourth-order valence-corrected chi connectivity index (χ4v) is 4.57. The van der Waals surface area contributed by atoms with Crippen molar-refractivity contribution in [2.45, 2.75) is 42.7 Å². The average molecular weight is 367 g/mol. The van der Waals surface area contributed by atoms with Crippen molar-refractivity contribution in [3.8, 4) is 5.75 Å². The van der Waals surface area contributed by atoms with Crippen molar-refractivity contribution in [1.82, 2.24) is 14.9 Å². The minimum atomic E-state index is -3.70. The van der Waals surface area contributed by atoms with Gasteiger partial charge in [0.05, 0.1) is 7.11 Å². The smallest absolute Gasteiger partial charge is 0.253 e. The van der Waals surface area contributed by atoms with Gasteiger partial charge in [0.2, 0.25) is 10.0 Å². The van der Waals surface area contributed by atoms with E-state index in [1.165, 1.54) is 13.2 Å². The third-order valence-corrected chi connectivity index (χ3v) is 6.32. The first-order chi connectivity index (χ1) is 11.9. The Morgan fingerprint density at radius 1 is 1.24 bits per heavy atom. The van der Waals surface area contributed by atoms with Crippen LogP contribution in [0, 0.1) is 0 Å². The molecule has 1 saturated heterocycles. The highest BCUT2D eigenvalue weighted by atomic mass is 32.2. The van der Waals surface area contributed by atoms with Gasteiger partial charge in [0.25, 0.3) is 5.91 Å². The molecule has 25 heavy (non-hydrogen) atoms. The monoisotopic (exact) mass is 367 g/mol. The SMILES string of the molecule is COc1ccc(C(=O)N(C)C2CCNCC2)cc1S(=O)(=O)NC1CC1. The summed E-state index contributed by atoms with van der Waals surface area (Å²) in [6, 6.07) is 4.75. The quantitative estimate of drug-likeness (QED) is 0.782. The Balaban J connectivity index is 1.86. The van der Waals surface area contributed by atoms with Crippen LogP contribution in [0.2, 0.25) is 0 Å². The number of benzene rings is 1. The molecule has 1 amide bonds. The molecule has 0 spiro atoms. The first-order valence-electron chi connectivity index (χ1n) is 8.60. The molecule has 2 aliphatic rings. The lowest BCUT2D eigenvalue weighted by atomic mass is 10.0. The van der Waals surface area contributed by atoms with Crippen LogP contribution in [0.25, 0.3) is 0 Å². The first kappa shape index (κ1) is 18.2. The number of rotatable bonds is 6. The number of methoxy groups -OCH3 is 1. The summed E-state index contributed by atoms with van der Waals surface area (Å²) >= 11 is 0. The van der Waals surface area contributed by atoms with Crippen molar-refractivity contribution in [2.24, 2.45) is 0 Å². The summed E-state index contributed by atoms with van der Waals surface area (Å²) in [7, 11) is -0.500. The minimum absolute atomic E-state index is 0.00789. The van der Waals surface area contributed by atoms with Crippen LogP contribution >= 0.6 is 0 Å². The maximum atomic E-state index is 12.8. The van der Waals surface area contributed by atoms with Crippen LogP contribution in [0.5, 0.6) is 5.75 Å². The highest BCUT2D eigenvalue weighted by molar-refractivity contribution is 7.89. The first-order valence-corrected chi connectivity index (χ1v) is 10.1. The molecule has 0 aromatic heterocycles. The number of sulfonamides is 1. The normalized spacial score (nSPS) is 18.8. The van der Waals surface area contributed by atoms with Crippen molar-refractivity contribution in [3.05, 3.63) is 23.8 Å². The van der Waals surface area contributed by atoms with Crippen LogP contribution in [-0.4, -0.2) is 58.6 Å². The van der Waals surface area contributed by atoms with Crippen molar-refractivity contribution >= 4 is 15.9 Å². The van der Waals surface area contributed by atoms with E-state index in [9.17, 15) is 13.2 Å². The van der Waals surface area contributed by atoms with Gasteiger partial charge in [0, 0.05) is 24.7 Å². The maximum Gasteiger partial charge on any atom is 0.253 e. The van der Waals surface area contributed by atoms with Crippen LogP contribution in [-0.2, 0) is 10.0 Å². The number of nitrogens with zero attached hydrogens (tertiary/aromatic N) is 1. The van der Waals surface area contributed by atoms with E-state index in [4.69, 9.17) is 4.74 Å². The van der Waals surface area contributed by atoms with Crippen LogP contribution in [0.15, 0.2) is 23.1 Å². The molecule has 7 nitrogen and oxygen atoms in total. The summed E-state index contributed by atoms with van der Waals surface area (Å²) in [5, 5.41) is 3.27. The Morgan fingerprint density at radius 2 is 1.92 bits per heavy atom. The Hall–Kier alpha value is -1.64. The van der Waals surface area contributed by atoms with Crippen molar-refractivity contribution in [1.29, 1.82) is 0 Å². The van der Waals surface area contributed by atoms with Crippen molar-refractivity contribution < 1.29 is 17.9 Å². The number of piperidine rings is 1. The summed E-state index contributed by atoms with van der Waals surface area (Å²) in [6.07, 6.45) is 3.48. The van der Waals surface area contributed by atoms with Gasteiger partial charge in [-0.25, -0.2) is 13.1 Å². The summed E-state index contributed by atoms with van der Waals surface area (Å²) in [5.74, 6) is 0.0756. The number of amides is 1. The molecular formula is C17H25N3O4S. The zero-order valence-corrected chi connectivity index (χ0v) is 15.4. The van der Waals surface area contributed by atoms with Crippen LogP contribution in [0.1, 0.15) is 36.0 Å². The third kappa shape index (κ3) is 4.13. The van der Waals surface area contributed by atoms with E-state index < -0.39 is 10.0 Å². The zero-order valence-electron chi connectivity index (χ0n) is 14.6. The number of carbonyl (C=O) groups is 1. The van der Waals surface area contributed by atoms with Crippen molar-refractivity contribution in [2.75, 3.05) is 27.2 Å². The van der Waals surface area contributed by atoms with Gasteiger partial charge in [-0.1, -0.05) is 0 Å². The molecule has 1 aliphatic heterocycles. The van der Waals surface area contributed by atoms with Gasteiger partial charge in [-0.05, 0) is 57.0 Å². The Morgan fingerprint density at radius 3 is 2.52 bits per heavy atom. The second-order valence-corrected chi connectivity index (χ2v) is 8.34. The number of hydrogen-bond donors (Lipinski definition) is 2. The van der Waals surface area contributed by atoms with Gasteiger partial charge >= 0.3 is 0 Å². The van der Waals surface area contributed by atoms with Gasteiger partial charge < -0.3 is 15.0 Å². The van der Waals surface area contributed by atoms with E-state index in [1.54, 1.807) is 24.1 Å². The molecule has 1 aliphatic carbocycles. The van der Waals surface area contributed by atoms with Gasteiger partial charge in [0.1, 0.15) is 10.6 Å². The van der Waals surface area contributed by atoms with Gasteiger partial charge in [-0.2, -0.15) is 0 Å². The second kappa shape index (κ2) is 7.31. The van der Waals surface area contributed by atoms with Gasteiger partial charge in [0.15, 0.2) is 0 Å². The average Bonchev–Trinajstić information content (AvgIpc) is 3.44. The van der Waals surface area contributed by atoms with Crippen LogP contribution in [0.3, 0.4) is 0 Å². The van der Waals surface area contributed by atoms with E-state index >= 15 is 0 Å². The number of nitrogens with one attached hydrogen (secondary N) is 2. The molecule has 3 rings (SSSR count). The molecule has 8 heteroatoms. The minimum Gasteiger partial charge on any atom is -0.495 e. The highest BCUT2D eigenvalue weighted by Crippen LogP contribution is 2.29. The number of ether oxygens (including phenoxy) is 1. The summed E-state index contributed by atoms with van der Waals surface area (Å²) < 4.78 is 33.0. The molecule has 0 bridgehead atoms. The molecule has 0 unspecified atom stereocenters. The number of hydrogen-bond acceptors (Lipinski definition) is 5. The predicted octanol–water partition coefficient (Wildman–Crippen LogP) is 0.960. The Labute approximate surface area is 148 Å². The second-order valence-electron chi connectivity index (χ2n) is 6.66. The number of carbonyl (C=O) groups excluding carboxylic acids is 1. The lowest BCUT2D eigenvalue weighted by molar-refractivity contribution is 0.0703. The molecule has 0 atom stereocenters. The molecule has 1 heterocycles. The van der Waals surface area contributed by atoms with Crippen LogP contribution < -0.4 is 14.8 Å². The Bertz CT molecular complexity index is 740. The van der Waals surface area contributed by atoms with Gasteiger partial charge in [-0.3, -0.25) is 4.79 Å². The van der Waals surface area contributed by atoms with Crippen molar-refractivity contribution in [3.63, 3.8) is 0 Å². The molecular weight excluding hydrogens is 342 g/mol. The van der Waals surface area contributed by atoms with E-state index in [0.29, 0.717) is 5.56 Å². The van der Waals surface area contributed by atoms with Crippen LogP contribution in [0.4, 0.5) is 0 Å². The molecule has 2 N–H and O–H groups in total. The van der Waals surface area contributed by atoms with E-state index in [0.717, 1.165) is 38.8 Å². The summed E-state index contributed by atoms with van der Waals surface area (Å²) in [6.45, 7) is 1.77. The van der Waals surface area contributed by atoms with E-state index in [2.05, 4.69) is 10.0 Å². The van der Waals surface area contributed by atoms with Gasteiger partial charge in [-0.15, -0.1) is 0 Å². The lowest BCUT2D eigenvalue weighted by Crippen LogP contribution is -2.44. The summed E-state index contributed by atoms with van der Waals surface area (Å²) in [4.78, 5) is 14.5. The standard InChI is InChI=1S/C17H25N3O4S/c1-20(14-7-9-18-10-8-14)17(21)12-3-6-15(24-2)16(11-12)25(22,23)19-13-4-5-13/h3,6,11,13-14,18-19H,4-5,7-10H2,1-2H3. The molecule has 2 fully saturated rings. The largest absolute Gasteiger partial charge is 0.495 e. The fraction of sp³-hybridized carbons (Fsp3) is 0.588. The van der Waals surface area contributed by atoms with E-state index in [-0.39, 0.29) is 28.6 Å². The predicted molar refractivity (Wildman–Crippen MR) is 94.3 cm³/mol. The highest BCUT2D eigenvalue weighted by Gasteiger charge is 2.31. The zero-order chi connectivity index (χ0) is 18.0. The summed E-state index contributed by atoms with van der Waals surface area (Å²) in [5.41, 5.74) is 0.359. The molecule has 1 saturated carbocycles. The topological polar surface area (TPSA) is 87.7 Å². The molecule has 0 radical (unpaired) electrons.